The molecule has 0 saturated heterocycles. The fraction of sp³-hybridized carbons (Fsp3) is 0.636. The SMILES string of the molecule is CC(C)NC(=O)CN(C)C(=O)c1cn(CCN)nn1. The zero-order valence-corrected chi connectivity index (χ0v) is 11.5. The van der Waals surface area contributed by atoms with Crippen LogP contribution in [0.4, 0.5) is 0 Å². The Hall–Kier alpha value is -1.96. The molecule has 0 unspecified atom stereocenters. The van der Waals surface area contributed by atoms with Gasteiger partial charge < -0.3 is 16.0 Å². The Morgan fingerprint density at radius 3 is 2.79 bits per heavy atom. The van der Waals surface area contributed by atoms with Crippen molar-refractivity contribution in [1.82, 2.24) is 25.2 Å². The van der Waals surface area contributed by atoms with Crippen LogP contribution < -0.4 is 11.1 Å². The smallest absolute Gasteiger partial charge is 0.276 e. The van der Waals surface area contributed by atoms with E-state index in [9.17, 15) is 9.59 Å². The summed E-state index contributed by atoms with van der Waals surface area (Å²) in [7, 11) is 1.55. The quantitative estimate of drug-likeness (QED) is 0.676. The number of carbonyl (C=O) groups excluding carboxylic acids is 2. The van der Waals surface area contributed by atoms with Crippen LogP contribution in [0.15, 0.2) is 6.20 Å². The van der Waals surface area contributed by atoms with Crippen molar-refractivity contribution in [1.29, 1.82) is 0 Å². The molecule has 0 aliphatic carbocycles. The molecule has 0 fully saturated rings. The number of nitrogens with zero attached hydrogens (tertiary/aromatic N) is 4. The molecule has 1 aromatic rings. The first-order valence-electron chi connectivity index (χ1n) is 6.09. The number of amides is 2. The van der Waals surface area contributed by atoms with Gasteiger partial charge in [0.05, 0.1) is 19.3 Å². The van der Waals surface area contributed by atoms with Crippen LogP contribution in [0, 0.1) is 0 Å². The Kier molecular flexibility index (Phi) is 5.43. The molecule has 8 nitrogen and oxygen atoms in total. The van der Waals surface area contributed by atoms with Gasteiger partial charge in [-0.2, -0.15) is 0 Å². The van der Waals surface area contributed by atoms with Crippen molar-refractivity contribution in [3.8, 4) is 0 Å². The summed E-state index contributed by atoms with van der Waals surface area (Å²) in [6.07, 6.45) is 1.52. The molecule has 0 spiro atoms. The molecule has 0 bridgehead atoms. The van der Waals surface area contributed by atoms with Gasteiger partial charge in [0.15, 0.2) is 5.69 Å². The third kappa shape index (κ3) is 4.66. The minimum absolute atomic E-state index is 0.0131. The molecule has 0 radical (unpaired) electrons. The van der Waals surface area contributed by atoms with Gasteiger partial charge in [-0.05, 0) is 13.8 Å². The number of rotatable bonds is 6. The lowest BCUT2D eigenvalue weighted by Crippen LogP contribution is -2.40. The molecule has 19 heavy (non-hydrogen) atoms. The molecule has 0 saturated carbocycles. The summed E-state index contributed by atoms with van der Waals surface area (Å²) in [6, 6.07) is 0.0430. The maximum atomic E-state index is 12.0. The highest BCUT2D eigenvalue weighted by molar-refractivity contribution is 5.94. The Balaban J connectivity index is 2.58. The van der Waals surface area contributed by atoms with Crippen LogP contribution in [-0.2, 0) is 11.3 Å². The molecular formula is C11H20N6O2. The van der Waals surface area contributed by atoms with Crippen molar-refractivity contribution in [2.45, 2.75) is 26.4 Å². The van der Waals surface area contributed by atoms with E-state index in [1.54, 1.807) is 7.05 Å². The zero-order chi connectivity index (χ0) is 14.4. The fourth-order valence-electron chi connectivity index (χ4n) is 1.49. The van der Waals surface area contributed by atoms with E-state index in [-0.39, 0.29) is 30.1 Å². The second kappa shape index (κ2) is 6.83. The van der Waals surface area contributed by atoms with Crippen LogP contribution in [0.1, 0.15) is 24.3 Å². The summed E-state index contributed by atoms with van der Waals surface area (Å²) >= 11 is 0. The van der Waals surface area contributed by atoms with Crippen LogP contribution in [0.25, 0.3) is 0 Å². The van der Waals surface area contributed by atoms with Gasteiger partial charge in [-0.15, -0.1) is 5.10 Å². The Morgan fingerprint density at radius 1 is 1.53 bits per heavy atom. The van der Waals surface area contributed by atoms with Crippen molar-refractivity contribution >= 4 is 11.8 Å². The van der Waals surface area contributed by atoms with Crippen LogP contribution in [0.5, 0.6) is 0 Å². The summed E-state index contributed by atoms with van der Waals surface area (Å²) < 4.78 is 1.50. The predicted molar refractivity (Wildman–Crippen MR) is 69.3 cm³/mol. The molecule has 8 heteroatoms. The van der Waals surface area contributed by atoms with Crippen LogP contribution in [0.3, 0.4) is 0 Å². The molecule has 2 amide bonds. The Bertz CT molecular complexity index is 442. The van der Waals surface area contributed by atoms with E-state index in [0.717, 1.165) is 0 Å². The number of nitrogens with one attached hydrogen (secondary N) is 1. The van der Waals surface area contributed by atoms with Crippen LogP contribution in [0.2, 0.25) is 0 Å². The summed E-state index contributed by atoms with van der Waals surface area (Å²) in [5, 5.41) is 10.2. The van der Waals surface area contributed by atoms with E-state index in [0.29, 0.717) is 13.1 Å². The second-order valence-corrected chi connectivity index (χ2v) is 4.54. The average molecular weight is 268 g/mol. The highest BCUT2D eigenvalue weighted by atomic mass is 16.2. The van der Waals surface area contributed by atoms with Gasteiger partial charge in [0.1, 0.15) is 0 Å². The van der Waals surface area contributed by atoms with Gasteiger partial charge in [0.25, 0.3) is 5.91 Å². The average Bonchev–Trinajstić information content (AvgIpc) is 2.75. The maximum absolute atomic E-state index is 12.0. The van der Waals surface area contributed by atoms with E-state index >= 15 is 0 Å². The van der Waals surface area contributed by atoms with Crippen molar-refractivity contribution in [3.05, 3.63) is 11.9 Å². The molecule has 0 aromatic carbocycles. The normalized spacial score (nSPS) is 10.6. The lowest BCUT2D eigenvalue weighted by atomic mass is 10.3. The van der Waals surface area contributed by atoms with Crippen molar-refractivity contribution in [2.24, 2.45) is 5.73 Å². The number of carbonyl (C=O) groups is 2. The third-order valence-electron chi connectivity index (χ3n) is 2.29. The summed E-state index contributed by atoms with van der Waals surface area (Å²) in [6.45, 7) is 4.62. The van der Waals surface area contributed by atoms with Gasteiger partial charge in [-0.25, -0.2) is 0 Å². The first-order valence-corrected chi connectivity index (χ1v) is 6.09. The molecule has 0 aliphatic heterocycles. The molecule has 1 heterocycles. The topological polar surface area (TPSA) is 106 Å². The molecule has 3 N–H and O–H groups in total. The minimum atomic E-state index is -0.345. The minimum Gasteiger partial charge on any atom is -0.352 e. The number of hydrogen-bond acceptors (Lipinski definition) is 5. The standard InChI is InChI=1S/C11H20N6O2/c1-8(2)13-10(18)7-16(3)11(19)9-6-17(5-4-12)15-14-9/h6,8H,4-5,7,12H2,1-3H3,(H,13,18). The molecule has 1 rings (SSSR count). The molecule has 1 aromatic heterocycles. The van der Waals surface area contributed by atoms with Crippen molar-refractivity contribution in [2.75, 3.05) is 20.1 Å². The largest absolute Gasteiger partial charge is 0.352 e. The van der Waals surface area contributed by atoms with Crippen molar-refractivity contribution in [3.63, 3.8) is 0 Å². The van der Waals surface area contributed by atoms with E-state index in [1.807, 2.05) is 13.8 Å². The van der Waals surface area contributed by atoms with Gasteiger partial charge in [0, 0.05) is 19.6 Å². The summed E-state index contributed by atoms with van der Waals surface area (Å²) in [5.41, 5.74) is 5.58. The number of nitrogens with two attached hydrogens (primary N) is 1. The van der Waals surface area contributed by atoms with E-state index < -0.39 is 0 Å². The number of likely N-dealkylation sites (N-methyl/N-ethyl adjacent to an activating group) is 1. The molecule has 0 atom stereocenters. The predicted octanol–water partition coefficient (Wildman–Crippen LogP) is -1.17. The Morgan fingerprint density at radius 2 is 2.21 bits per heavy atom. The van der Waals surface area contributed by atoms with Crippen LogP contribution >= 0.6 is 0 Å². The monoisotopic (exact) mass is 268 g/mol. The maximum Gasteiger partial charge on any atom is 0.276 e. The highest BCUT2D eigenvalue weighted by Gasteiger charge is 2.18. The van der Waals surface area contributed by atoms with E-state index in [4.69, 9.17) is 5.73 Å². The highest BCUT2D eigenvalue weighted by Crippen LogP contribution is 1.99. The van der Waals surface area contributed by atoms with Gasteiger partial charge in [-0.1, -0.05) is 5.21 Å². The van der Waals surface area contributed by atoms with Gasteiger partial charge in [-0.3, -0.25) is 14.3 Å². The molecular weight excluding hydrogens is 248 g/mol. The van der Waals surface area contributed by atoms with E-state index in [1.165, 1.54) is 15.8 Å². The van der Waals surface area contributed by atoms with Crippen molar-refractivity contribution < 1.29 is 9.59 Å². The zero-order valence-electron chi connectivity index (χ0n) is 11.5. The third-order valence-corrected chi connectivity index (χ3v) is 2.29. The van der Waals surface area contributed by atoms with Gasteiger partial charge >= 0.3 is 0 Å². The second-order valence-electron chi connectivity index (χ2n) is 4.54. The molecule has 0 aliphatic rings. The first kappa shape index (κ1) is 15.1. The first-order chi connectivity index (χ1) is 8.93. The summed E-state index contributed by atoms with van der Waals surface area (Å²) in [5.74, 6) is -0.553. The number of aromatic nitrogens is 3. The molecule has 106 valence electrons. The van der Waals surface area contributed by atoms with Gasteiger partial charge in [0.2, 0.25) is 5.91 Å². The number of hydrogen-bond donors (Lipinski definition) is 2. The fourth-order valence-corrected chi connectivity index (χ4v) is 1.49. The summed E-state index contributed by atoms with van der Waals surface area (Å²) in [4.78, 5) is 24.8. The Labute approximate surface area is 111 Å². The van der Waals surface area contributed by atoms with E-state index in [2.05, 4.69) is 15.6 Å². The van der Waals surface area contributed by atoms with Crippen LogP contribution in [-0.4, -0.2) is 57.9 Å². The lowest BCUT2D eigenvalue weighted by Gasteiger charge is -2.16. The lowest BCUT2D eigenvalue weighted by molar-refractivity contribution is -0.122.